The molecule has 1 N–H and O–H groups in total. The van der Waals surface area contributed by atoms with Crippen LogP contribution in [0.1, 0.15) is 47.0 Å². The van der Waals surface area contributed by atoms with Gasteiger partial charge in [0, 0.05) is 18.8 Å². The maximum Gasteiger partial charge on any atom is 0.246 e. The molecule has 0 saturated carbocycles. The molecule has 2 fully saturated rings. The van der Waals surface area contributed by atoms with Crippen molar-refractivity contribution in [3.8, 4) is 0 Å². The van der Waals surface area contributed by atoms with Gasteiger partial charge in [0.15, 0.2) is 0 Å². The van der Waals surface area contributed by atoms with Crippen molar-refractivity contribution >= 4 is 11.8 Å². The Morgan fingerprint density at radius 2 is 1.95 bits per heavy atom. The molecule has 20 heavy (non-hydrogen) atoms. The molecule has 0 aliphatic carbocycles. The van der Waals surface area contributed by atoms with Crippen LogP contribution < -0.4 is 5.32 Å². The van der Waals surface area contributed by atoms with Crippen LogP contribution in [0.15, 0.2) is 0 Å². The van der Waals surface area contributed by atoms with Crippen LogP contribution in [0.4, 0.5) is 0 Å². The third-order valence-electron chi connectivity index (χ3n) is 4.48. The second-order valence-electron chi connectivity index (χ2n) is 6.68. The van der Waals surface area contributed by atoms with Crippen molar-refractivity contribution in [1.29, 1.82) is 0 Å². The first kappa shape index (κ1) is 15.3. The second-order valence-corrected chi connectivity index (χ2v) is 6.68. The number of rotatable bonds is 3. The molecule has 2 heterocycles. The van der Waals surface area contributed by atoms with E-state index in [4.69, 9.17) is 4.74 Å². The minimum atomic E-state index is -0.394. The fourth-order valence-corrected chi connectivity index (χ4v) is 3.25. The van der Waals surface area contributed by atoms with E-state index in [-0.39, 0.29) is 23.4 Å². The van der Waals surface area contributed by atoms with Crippen molar-refractivity contribution in [1.82, 2.24) is 10.2 Å². The lowest BCUT2D eigenvalue weighted by molar-refractivity contribution is -0.160. The molecule has 0 spiro atoms. The highest BCUT2D eigenvalue weighted by molar-refractivity contribution is 5.97. The van der Waals surface area contributed by atoms with Crippen molar-refractivity contribution in [2.24, 2.45) is 5.92 Å². The second kappa shape index (κ2) is 5.72. The molecule has 114 valence electrons. The van der Waals surface area contributed by atoms with Crippen LogP contribution in [0, 0.1) is 5.92 Å². The zero-order valence-corrected chi connectivity index (χ0v) is 12.9. The molecule has 0 aromatic rings. The van der Waals surface area contributed by atoms with Crippen molar-refractivity contribution in [3.05, 3.63) is 0 Å². The highest BCUT2D eigenvalue weighted by Gasteiger charge is 2.47. The Morgan fingerprint density at radius 1 is 1.35 bits per heavy atom. The zero-order chi connectivity index (χ0) is 14.9. The van der Waals surface area contributed by atoms with Gasteiger partial charge in [0.1, 0.15) is 12.1 Å². The summed E-state index contributed by atoms with van der Waals surface area (Å²) in [7, 11) is 0. The van der Waals surface area contributed by atoms with E-state index in [2.05, 4.69) is 26.1 Å². The van der Waals surface area contributed by atoms with Crippen molar-refractivity contribution < 1.29 is 14.3 Å². The molecule has 0 radical (unpaired) electrons. The summed E-state index contributed by atoms with van der Waals surface area (Å²) in [6.07, 6.45) is 2.29. The Hall–Kier alpha value is -1.10. The Balaban J connectivity index is 2.23. The number of nitrogens with one attached hydrogen (secondary N) is 1. The lowest BCUT2D eigenvalue weighted by atomic mass is 9.86. The Labute approximate surface area is 121 Å². The summed E-state index contributed by atoms with van der Waals surface area (Å²) in [5.41, 5.74) is -0.262. The summed E-state index contributed by atoms with van der Waals surface area (Å²) in [5, 5.41) is 2.87. The SMILES string of the molecule is CC(C)CC1NC(=O)C(C)N(C2(C)CCOCC2)C1=O. The van der Waals surface area contributed by atoms with Crippen LogP contribution in [0.5, 0.6) is 0 Å². The molecular formula is C15H26N2O3. The molecule has 2 amide bonds. The number of amides is 2. The van der Waals surface area contributed by atoms with Crippen molar-refractivity contribution in [2.75, 3.05) is 13.2 Å². The third-order valence-corrected chi connectivity index (χ3v) is 4.48. The van der Waals surface area contributed by atoms with Gasteiger partial charge in [-0.05, 0) is 39.0 Å². The van der Waals surface area contributed by atoms with Gasteiger partial charge in [0.25, 0.3) is 0 Å². The van der Waals surface area contributed by atoms with E-state index in [1.54, 1.807) is 0 Å². The lowest BCUT2D eigenvalue weighted by Gasteiger charge is -2.50. The summed E-state index contributed by atoms with van der Waals surface area (Å²) in [4.78, 5) is 26.8. The van der Waals surface area contributed by atoms with Crippen molar-refractivity contribution in [3.63, 3.8) is 0 Å². The molecule has 2 aliphatic heterocycles. The predicted molar refractivity (Wildman–Crippen MR) is 76.2 cm³/mol. The maximum absolute atomic E-state index is 12.8. The predicted octanol–water partition coefficient (Wildman–Crippen LogP) is 1.32. The normalized spacial score (nSPS) is 30.6. The molecule has 0 aromatic heterocycles. The molecule has 2 unspecified atom stereocenters. The number of ether oxygens (including phenoxy) is 1. The van der Waals surface area contributed by atoms with Gasteiger partial charge in [-0.1, -0.05) is 13.8 Å². The van der Waals surface area contributed by atoms with Gasteiger partial charge in [-0.15, -0.1) is 0 Å². The van der Waals surface area contributed by atoms with Crippen LogP contribution in [0.2, 0.25) is 0 Å². The first-order valence-electron chi connectivity index (χ1n) is 7.56. The van der Waals surface area contributed by atoms with Crippen LogP contribution in [-0.2, 0) is 14.3 Å². The molecule has 0 aromatic carbocycles. The fraction of sp³-hybridized carbons (Fsp3) is 0.867. The summed E-state index contributed by atoms with van der Waals surface area (Å²) in [5.74, 6) is 0.403. The standard InChI is InChI=1S/C15H26N2O3/c1-10(2)9-12-14(19)17(11(3)13(18)16-12)15(4)5-7-20-8-6-15/h10-12H,5-9H2,1-4H3,(H,16,18). The molecule has 5 heteroatoms. The minimum Gasteiger partial charge on any atom is -0.381 e. The van der Waals surface area contributed by atoms with E-state index in [9.17, 15) is 9.59 Å². The molecular weight excluding hydrogens is 256 g/mol. The summed E-state index contributed by atoms with van der Waals surface area (Å²) in [6, 6.07) is -0.771. The molecule has 5 nitrogen and oxygen atoms in total. The third kappa shape index (κ3) is 2.82. The van der Waals surface area contributed by atoms with Crippen LogP contribution in [0.3, 0.4) is 0 Å². The Kier molecular flexibility index (Phi) is 4.37. The quantitative estimate of drug-likeness (QED) is 0.849. The van der Waals surface area contributed by atoms with Gasteiger partial charge < -0.3 is 15.0 Å². The van der Waals surface area contributed by atoms with Gasteiger partial charge >= 0.3 is 0 Å². The van der Waals surface area contributed by atoms with Crippen LogP contribution in [-0.4, -0.2) is 47.6 Å². The molecule has 2 atom stereocenters. The number of carbonyl (C=O) groups is 2. The molecule has 2 saturated heterocycles. The average Bonchev–Trinajstić information content (AvgIpc) is 2.36. The van der Waals surface area contributed by atoms with Gasteiger partial charge in [0.2, 0.25) is 11.8 Å². The zero-order valence-electron chi connectivity index (χ0n) is 12.9. The van der Waals surface area contributed by atoms with Gasteiger partial charge in [-0.25, -0.2) is 0 Å². The number of piperazine rings is 1. The maximum atomic E-state index is 12.8. The van der Waals surface area contributed by atoms with E-state index in [0.717, 1.165) is 12.8 Å². The van der Waals surface area contributed by atoms with E-state index in [1.165, 1.54) is 0 Å². The van der Waals surface area contributed by atoms with Crippen LogP contribution >= 0.6 is 0 Å². The largest absolute Gasteiger partial charge is 0.381 e. The Bertz CT molecular complexity index is 389. The first-order chi connectivity index (χ1) is 9.35. The van der Waals surface area contributed by atoms with E-state index in [1.807, 2.05) is 11.8 Å². The lowest BCUT2D eigenvalue weighted by Crippen LogP contribution is -2.69. The van der Waals surface area contributed by atoms with E-state index < -0.39 is 6.04 Å². The van der Waals surface area contributed by atoms with Crippen LogP contribution in [0.25, 0.3) is 0 Å². The number of nitrogens with zero attached hydrogens (tertiary/aromatic N) is 1. The molecule has 0 bridgehead atoms. The molecule has 2 rings (SSSR count). The highest BCUT2D eigenvalue weighted by Crippen LogP contribution is 2.32. The number of hydrogen-bond donors (Lipinski definition) is 1. The highest BCUT2D eigenvalue weighted by atomic mass is 16.5. The topological polar surface area (TPSA) is 58.6 Å². The van der Waals surface area contributed by atoms with Gasteiger partial charge in [0.05, 0.1) is 0 Å². The first-order valence-corrected chi connectivity index (χ1v) is 7.56. The monoisotopic (exact) mass is 282 g/mol. The van der Waals surface area contributed by atoms with Crippen molar-refractivity contribution in [2.45, 2.75) is 64.6 Å². The smallest absolute Gasteiger partial charge is 0.246 e. The van der Waals surface area contributed by atoms with Gasteiger partial charge in [-0.2, -0.15) is 0 Å². The minimum absolute atomic E-state index is 0.0389. The number of carbonyl (C=O) groups excluding carboxylic acids is 2. The number of hydrogen-bond acceptors (Lipinski definition) is 3. The molecule has 2 aliphatic rings. The van der Waals surface area contributed by atoms with E-state index >= 15 is 0 Å². The average molecular weight is 282 g/mol. The summed E-state index contributed by atoms with van der Waals surface area (Å²) >= 11 is 0. The fourth-order valence-electron chi connectivity index (χ4n) is 3.25. The summed E-state index contributed by atoms with van der Waals surface area (Å²) < 4.78 is 5.41. The Morgan fingerprint density at radius 3 is 2.50 bits per heavy atom. The summed E-state index contributed by atoms with van der Waals surface area (Å²) in [6.45, 7) is 9.34. The van der Waals surface area contributed by atoms with E-state index in [0.29, 0.717) is 25.6 Å². The van der Waals surface area contributed by atoms with Gasteiger partial charge in [-0.3, -0.25) is 9.59 Å².